The number of carbonyl (C=O) groups excluding carboxylic acids is 1. The zero-order valence-corrected chi connectivity index (χ0v) is 14.3. The molecule has 4 nitrogen and oxygen atoms in total. The summed E-state index contributed by atoms with van der Waals surface area (Å²) in [7, 11) is 2.02. The van der Waals surface area contributed by atoms with E-state index in [1.165, 1.54) is 0 Å². The summed E-state index contributed by atoms with van der Waals surface area (Å²) < 4.78 is 2.12. The van der Waals surface area contributed by atoms with Gasteiger partial charge in [-0.25, -0.2) is 5.43 Å². The van der Waals surface area contributed by atoms with E-state index in [9.17, 15) is 4.79 Å². The highest BCUT2D eigenvalue weighted by molar-refractivity contribution is 6.30. The van der Waals surface area contributed by atoms with Gasteiger partial charge in [-0.2, -0.15) is 5.10 Å². The molecule has 0 aliphatic heterocycles. The third-order valence-corrected chi connectivity index (χ3v) is 4.36. The van der Waals surface area contributed by atoms with Gasteiger partial charge < -0.3 is 4.57 Å². The lowest BCUT2D eigenvalue weighted by Gasteiger charge is -2.01. The van der Waals surface area contributed by atoms with Gasteiger partial charge in [-0.3, -0.25) is 4.79 Å². The molecule has 0 aliphatic rings. The van der Waals surface area contributed by atoms with Crippen LogP contribution in [0.3, 0.4) is 0 Å². The maximum absolute atomic E-state index is 12.0. The summed E-state index contributed by atoms with van der Waals surface area (Å²) in [5, 5.41) is 5.89. The van der Waals surface area contributed by atoms with E-state index in [-0.39, 0.29) is 12.3 Å². The van der Waals surface area contributed by atoms with Crippen molar-refractivity contribution in [2.75, 3.05) is 0 Å². The number of halogens is 1. The van der Waals surface area contributed by atoms with Crippen molar-refractivity contribution in [1.29, 1.82) is 0 Å². The molecule has 0 radical (unpaired) electrons. The molecule has 0 spiro atoms. The van der Waals surface area contributed by atoms with Crippen molar-refractivity contribution < 1.29 is 4.79 Å². The SMILES string of the molecule is Cc1c(/C=N/NC(=O)Cc2ccc(Cl)cc2)c2ccccc2n1C. The van der Waals surface area contributed by atoms with Crippen molar-refractivity contribution >= 4 is 34.6 Å². The smallest absolute Gasteiger partial charge is 0.244 e. The Kier molecular flexibility index (Phi) is 4.67. The molecule has 0 atom stereocenters. The van der Waals surface area contributed by atoms with Crippen LogP contribution in [0.2, 0.25) is 5.02 Å². The van der Waals surface area contributed by atoms with Crippen molar-refractivity contribution in [2.45, 2.75) is 13.3 Å². The number of amides is 1. The van der Waals surface area contributed by atoms with Gasteiger partial charge in [0.1, 0.15) is 0 Å². The number of carbonyl (C=O) groups is 1. The van der Waals surface area contributed by atoms with Crippen LogP contribution in [0.4, 0.5) is 0 Å². The number of benzene rings is 2. The molecule has 1 amide bonds. The molecular formula is C19H18ClN3O. The molecule has 5 heteroatoms. The van der Waals surface area contributed by atoms with Crippen molar-refractivity contribution in [3.63, 3.8) is 0 Å². The van der Waals surface area contributed by atoms with Gasteiger partial charge in [-0.1, -0.05) is 41.9 Å². The van der Waals surface area contributed by atoms with Crippen LogP contribution in [0.25, 0.3) is 10.9 Å². The summed E-state index contributed by atoms with van der Waals surface area (Å²) in [5.41, 5.74) is 6.74. The molecule has 2 aromatic carbocycles. The van der Waals surface area contributed by atoms with Crippen LogP contribution < -0.4 is 5.43 Å². The lowest BCUT2D eigenvalue weighted by Crippen LogP contribution is -2.19. The Hall–Kier alpha value is -2.59. The van der Waals surface area contributed by atoms with Crippen LogP contribution in [-0.2, 0) is 18.3 Å². The molecule has 0 saturated heterocycles. The molecule has 1 aromatic heterocycles. The molecule has 1 heterocycles. The summed E-state index contributed by atoms with van der Waals surface area (Å²) in [6.45, 7) is 2.04. The minimum absolute atomic E-state index is 0.161. The number of rotatable bonds is 4. The van der Waals surface area contributed by atoms with E-state index >= 15 is 0 Å². The number of fused-ring (bicyclic) bond motifs is 1. The predicted molar refractivity (Wildman–Crippen MR) is 98.5 cm³/mol. The molecule has 0 aliphatic carbocycles. The maximum atomic E-state index is 12.0. The number of hydrogen-bond donors (Lipinski definition) is 1. The highest BCUT2D eigenvalue weighted by Gasteiger charge is 2.09. The Balaban J connectivity index is 1.71. The maximum Gasteiger partial charge on any atom is 0.244 e. The van der Waals surface area contributed by atoms with Gasteiger partial charge in [0, 0.05) is 34.2 Å². The second-order valence-corrected chi connectivity index (χ2v) is 6.11. The fourth-order valence-corrected chi connectivity index (χ4v) is 2.84. The third-order valence-electron chi connectivity index (χ3n) is 4.11. The highest BCUT2D eigenvalue weighted by Crippen LogP contribution is 2.22. The van der Waals surface area contributed by atoms with E-state index in [2.05, 4.69) is 27.2 Å². The van der Waals surface area contributed by atoms with E-state index in [0.29, 0.717) is 5.02 Å². The molecule has 0 fully saturated rings. The van der Waals surface area contributed by atoms with Crippen molar-refractivity contribution in [2.24, 2.45) is 12.1 Å². The number of aryl methyl sites for hydroxylation is 1. The molecule has 0 unspecified atom stereocenters. The molecule has 0 saturated carbocycles. The largest absolute Gasteiger partial charge is 0.347 e. The number of hydrazone groups is 1. The molecule has 24 heavy (non-hydrogen) atoms. The highest BCUT2D eigenvalue weighted by atomic mass is 35.5. The first kappa shape index (κ1) is 16.3. The first-order valence-electron chi connectivity index (χ1n) is 7.66. The van der Waals surface area contributed by atoms with Crippen LogP contribution in [0.1, 0.15) is 16.8 Å². The fourth-order valence-electron chi connectivity index (χ4n) is 2.71. The summed E-state index contributed by atoms with van der Waals surface area (Å²) >= 11 is 5.84. The van der Waals surface area contributed by atoms with Crippen molar-refractivity contribution in [3.8, 4) is 0 Å². The van der Waals surface area contributed by atoms with Crippen LogP contribution in [0.5, 0.6) is 0 Å². The summed E-state index contributed by atoms with van der Waals surface area (Å²) in [6, 6.07) is 15.3. The standard InChI is InChI=1S/C19H18ClN3O/c1-13-17(16-5-3-4-6-18(16)23(13)2)12-21-22-19(24)11-14-7-9-15(20)10-8-14/h3-10,12H,11H2,1-2H3,(H,22,24)/b21-12+. The lowest BCUT2D eigenvalue weighted by molar-refractivity contribution is -0.120. The van der Waals surface area contributed by atoms with Gasteiger partial charge in [0.05, 0.1) is 12.6 Å². The van der Waals surface area contributed by atoms with Crippen molar-refractivity contribution in [3.05, 3.63) is 70.4 Å². The number of aromatic nitrogens is 1. The molecular weight excluding hydrogens is 322 g/mol. The summed E-state index contributed by atoms with van der Waals surface area (Å²) in [4.78, 5) is 12.0. The number of hydrogen-bond acceptors (Lipinski definition) is 2. The number of nitrogens with one attached hydrogen (secondary N) is 1. The van der Waals surface area contributed by atoms with E-state index in [1.54, 1.807) is 18.3 Å². The van der Waals surface area contributed by atoms with Crippen LogP contribution in [0.15, 0.2) is 53.6 Å². The van der Waals surface area contributed by atoms with E-state index in [0.717, 1.165) is 27.7 Å². The van der Waals surface area contributed by atoms with Crippen LogP contribution in [0, 0.1) is 6.92 Å². The summed E-state index contributed by atoms with van der Waals surface area (Å²) in [5.74, 6) is -0.161. The zero-order valence-electron chi connectivity index (χ0n) is 13.6. The zero-order chi connectivity index (χ0) is 17.1. The third kappa shape index (κ3) is 3.34. The Morgan fingerprint density at radius 3 is 2.67 bits per heavy atom. The predicted octanol–water partition coefficient (Wildman–Crippen LogP) is 3.83. The quantitative estimate of drug-likeness (QED) is 0.570. The fraction of sp³-hybridized carbons (Fsp3) is 0.158. The molecule has 122 valence electrons. The monoisotopic (exact) mass is 339 g/mol. The second-order valence-electron chi connectivity index (χ2n) is 5.67. The van der Waals surface area contributed by atoms with Crippen molar-refractivity contribution in [1.82, 2.24) is 9.99 Å². The van der Waals surface area contributed by atoms with Gasteiger partial charge in [-0.15, -0.1) is 0 Å². The second kappa shape index (κ2) is 6.89. The number of para-hydroxylation sites is 1. The summed E-state index contributed by atoms with van der Waals surface area (Å²) in [6.07, 6.45) is 1.97. The van der Waals surface area contributed by atoms with Gasteiger partial charge in [-0.05, 0) is 30.7 Å². The van der Waals surface area contributed by atoms with Gasteiger partial charge >= 0.3 is 0 Å². The van der Waals surface area contributed by atoms with Crippen LogP contribution >= 0.6 is 11.6 Å². The number of nitrogens with zero attached hydrogens (tertiary/aromatic N) is 2. The molecule has 3 rings (SSSR count). The average Bonchev–Trinajstić information content (AvgIpc) is 2.82. The topological polar surface area (TPSA) is 46.4 Å². The average molecular weight is 340 g/mol. The Labute approximate surface area is 145 Å². The molecule has 1 N–H and O–H groups in total. The molecule has 3 aromatic rings. The minimum Gasteiger partial charge on any atom is -0.347 e. The van der Waals surface area contributed by atoms with E-state index < -0.39 is 0 Å². The first-order chi connectivity index (χ1) is 11.6. The van der Waals surface area contributed by atoms with Gasteiger partial charge in [0.25, 0.3) is 0 Å². The molecule has 0 bridgehead atoms. The Morgan fingerprint density at radius 1 is 1.21 bits per heavy atom. The Bertz CT molecular complexity index is 910. The first-order valence-corrected chi connectivity index (χ1v) is 8.04. The van der Waals surface area contributed by atoms with E-state index in [4.69, 9.17) is 11.6 Å². The minimum atomic E-state index is -0.161. The lowest BCUT2D eigenvalue weighted by atomic mass is 10.1. The Morgan fingerprint density at radius 2 is 1.92 bits per heavy atom. The normalized spacial score (nSPS) is 11.3. The van der Waals surface area contributed by atoms with E-state index in [1.807, 2.05) is 38.2 Å². The van der Waals surface area contributed by atoms with Gasteiger partial charge in [0.15, 0.2) is 0 Å². The van der Waals surface area contributed by atoms with Gasteiger partial charge in [0.2, 0.25) is 5.91 Å². The van der Waals surface area contributed by atoms with Crippen LogP contribution in [-0.4, -0.2) is 16.7 Å².